The predicted molar refractivity (Wildman–Crippen MR) is 154 cm³/mol. The monoisotopic (exact) mass is 542 g/mol. The number of sulfonamides is 1. The van der Waals surface area contributed by atoms with E-state index >= 15 is 0 Å². The molecule has 0 aliphatic carbocycles. The first-order chi connectivity index (χ1) is 18.8. The van der Waals surface area contributed by atoms with Crippen molar-refractivity contribution in [3.05, 3.63) is 84.6 Å². The number of hydrogen-bond acceptors (Lipinski definition) is 7. The number of aromatic amines is 1. The highest BCUT2D eigenvalue weighted by atomic mass is 32.2. The number of anilines is 1. The number of methoxy groups -OCH3 is 1. The maximum absolute atomic E-state index is 12.8. The van der Waals surface area contributed by atoms with Crippen LogP contribution in [0.2, 0.25) is 0 Å². The lowest BCUT2D eigenvalue weighted by molar-refractivity contribution is 0.413. The Bertz CT molecular complexity index is 1730. The van der Waals surface area contributed by atoms with E-state index in [9.17, 15) is 8.42 Å². The number of pyridine rings is 2. The average Bonchev–Trinajstić information content (AvgIpc) is 3.38. The van der Waals surface area contributed by atoms with Crippen LogP contribution in [0.25, 0.3) is 33.4 Å². The number of H-pyrrole nitrogens is 1. The SMILES string of the molecule is CNS(=O)(=O)c1ccc(-c2cnc3nc(CCc4cc(OC)ccn4)[nH]c3c2)cc1-c1ccc(N(C)C)cc1. The molecule has 5 rings (SSSR count). The van der Waals surface area contributed by atoms with Crippen LogP contribution in [0.3, 0.4) is 0 Å². The van der Waals surface area contributed by atoms with E-state index in [0.29, 0.717) is 24.1 Å². The van der Waals surface area contributed by atoms with Gasteiger partial charge >= 0.3 is 0 Å². The smallest absolute Gasteiger partial charge is 0.240 e. The molecule has 0 aliphatic heterocycles. The molecule has 0 aliphatic rings. The molecule has 0 unspecified atom stereocenters. The molecule has 5 aromatic rings. The lowest BCUT2D eigenvalue weighted by Gasteiger charge is -2.15. The largest absolute Gasteiger partial charge is 0.497 e. The molecule has 0 saturated heterocycles. The molecular weight excluding hydrogens is 512 g/mol. The quantitative estimate of drug-likeness (QED) is 0.283. The van der Waals surface area contributed by atoms with Gasteiger partial charge in [0.25, 0.3) is 0 Å². The highest BCUT2D eigenvalue weighted by Crippen LogP contribution is 2.33. The van der Waals surface area contributed by atoms with E-state index < -0.39 is 10.0 Å². The molecule has 0 bridgehead atoms. The third-order valence-electron chi connectivity index (χ3n) is 6.59. The van der Waals surface area contributed by atoms with Crippen LogP contribution in [0, 0.1) is 0 Å². The molecule has 3 aromatic heterocycles. The van der Waals surface area contributed by atoms with Crippen LogP contribution in [0.15, 0.2) is 78.0 Å². The summed E-state index contributed by atoms with van der Waals surface area (Å²) >= 11 is 0. The Morgan fingerprint density at radius 1 is 0.923 bits per heavy atom. The third kappa shape index (κ3) is 5.62. The van der Waals surface area contributed by atoms with E-state index in [1.54, 1.807) is 31.6 Å². The van der Waals surface area contributed by atoms with Gasteiger partial charge in [-0.25, -0.2) is 23.1 Å². The van der Waals surface area contributed by atoms with Gasteiger partial charge in [0.05, 0.1) is 17.5 Å². The van der Waals surface area contributed by atoms with Gasteiger partial charge in [-0.3, -0.25) is 4.98 Å². The fourth-order valence-electron chi connectivity index (χ4n) is 4.41. The summed E-state index contributed by atoms with van der Waals surface area (Å²) in [5.41, 5.74) is 6.51. The topological polar surface area (TPSA) is 113 Å². The molecule has 0 spiro atoms. The first-order valence-corrected chi connectivity index (χ1v) is 13.9. The molecule has 0 amide bonds. The van der Waals surface area contributed by atoms with E-state index in [1.165, 1.54) is 7.05 Å². The summed E-state index contributed by atoms with van der Waals surface area (Å²) in [6, 6.07) is 18.9. The molecule has 3 heterocycles. The van der Waals surface area contributed by atoms with Crippen molar-refractivity contribution in [2.24, 2.45) is 0 Å². The molecule has 10 heteroatoms. The van der Waals surface area contributed by atoms with Crippen molar-refractivity contribution in [1.82, 2.24) is 24.7 Å². The van der Waals surface area contributed by atoms with Crippen LogP contribution in [0.4, 0.5) is 5.69 Å². The van der Waals surface area contributed by atoms with E-state index in [2.05, 4.69) is 24.7 Å². The van der Waals surface area contributed by atoms with E-state index in [0.717, 1.165) is 45.2 Å². The number of nitrogens with one attached hydrogen (secondary N) is 2. The van der Waals surface area contributed by atoms with Crippen molar-refractivity contribution in [2.75, 3.05) is 33.2 Å². The van der Waals surface area contributed by atoms with Crippen molar-refractivity contribution in [1.29, 1.82) is 0 Å². The van der Waals surface area contributed by atoms with Gasteiger partial charge < -0.3 is 14.6 Å². The second-order valence-electron chi connectivity index (χ2n) is 9.33. The van der Waals surface area contributed by atoms with Crippen molar-refractivity contribution in [2.45, 2.75) is 17.7 Å². The van der Waals surface area contributed by atoms with Gasteiger partial charge in [-0.2, -0.15) is 0 Å². The standard InChI is InChI=1S/C29H30N6O3S/c1-30-39(36,37)27-11-7-20(15-25(27)19-5-9-23(10-6-19)35(2)3)21-16-26-29(32-18-21)34-28(33-26)12-8-22-17-24(38-4)13-14-31-22/h5-7,9-11,13-18,30H,8,12H2,1-4H3,(H,32,33,34). The Morgan fingerprint density at radius 3 is 2.41 bits per heavy atom. The summed E-state index contributed by atoms with van der Waals surface area (Å²) in [6.45, 7) is 0. The maximum Gasteiger partial charge on any atom is 0.240 e. The second-order valence-corrected chi connectivity index (χ2v) is 11.2. The number of ether oxygens (including phenoxy) is 1. The van der Waals surface area contributed by atoms with Gasteiger partial charge in [-0.1, -0.05) is 18.2 Å². The van der Waals surface area contributed by atoms with Gasteiger partial charge in [0.15, 0.2) is 5.65 Å². The van der Waals surface area contributed by atoms with Gasteiger partial charge in [-0.15, -0.1) is 0 Å². The molecule has 2 aromatic carbocycles. The Kier molecular flexibility index (Phi) is 7.32. The number of nitrogens with zero attached hydrogens (tertiary/aromatic N) is 4. The number of hydrogen-bond donors (Lipinski definition) is 2. The lowest BCUT2D eigenvalue weighted by Crippen LogP contribution is -2.19. The molecule has 39 heavy (non-hydrogen) atoms. The van der Waals surface area contributed by atoms with Crippen LogP contribution in [0.1, 0.15) is 11.5 Å². The first-order valence-electron chi connectivity index (χ1n) is 12.5. The average molecular weight is 543 g/mol. The van der Waals surface area contributed by atoms with Crippen LogP contribution < -0.4 is 14.4 Å². The summed E-state index contributed by atoms with van der Waals surface area (Å²) in [5.74, 6) is 1.59. The zero-order chi connectivity index (χ0) is 27.6. The summed E-state index contributed by atoms with van der Waals surface area (Å²) in [7, 11) is 3.31. The van der Waals surface area contributed by atoms with Gasteiger partial charge in [0.2, 0.25) is 10.0 Å². The van der Waals surface area contributed by atoms with Gasteiger partial charge in [0.1, 0.15) is 11.6 Å². The highest BCUT2D eigenvalue weighted by Gasteiger charge is 2.19. The molecule has 2 N–H and O–H groups in total. The Balaban J connectivity index is 1.47. The zero-order valence-electron chi connectivity index (χ0n) is 22.3. The molecule has 9 nitrogen and oxygen atoms in total. The number of aryl methyl sites for hydroxylation is 2. The minimum Gasteiger partial charge on any atom is -0.497 e. The van der Waals surface area contributed by atoms with Crippen LogP contribution in [-0.2, 0) is 22.9 Å². The molecule has 0 saturated carbocycles. The molecule has 200 valence electrons. The van der Waals surface area contributed by atoms with Crippen LogP contribution >= 0.6 is 0 Å². The minimum absolute atomic E-state index is 0.218. The molecule has 0 radical (unpaired) electrons. The minimum atomic E-state index is -3.67. The number of imidazole rings is 1. The maximum atomic E-state index is 12.8. The zero-order valence-corrected chi connectivity index (χ0v) is 23.1. The first kappa shape index (κ1) is 26.3. The van der Waals surface area contributed by atoms with Crippen molar-refractivity contribution in [3.8, 4) is 28.0 Å². The van der Waals surface area contributed by atoms with Crippen LogP contribution in [0.5, 0.6) is 5.75 Å². The Labute approximate surface area is 228 Å². The van der Waals surface area contributed by atoms with Crippen molar-refractivity contribution >= 4 is 26.9 Å². The number of fused-ring (bicyclic) bond motifs is 1. The normalized spacial score (nSPS) is 11.6. The summed E-state index contributed by atoms with van der Waals surface area (Å²) in [5, 5.41) is 0. The molecule has 0 fully saturated rings. The van der Waals surface area contributed by atoms with E-state index in [1.807, 2.05) is 67.5 Å². The van der Waals surface area contributed by atoms with Crippen molar-refractivity contribution in [3.63, 3.8) is 0 Å². The third-order valence-corrected chi connectivity index (χ3v) is 8.07. The summed E-state index contributed by atoms with van der Waals surface area (Å²) in [4.78, 5) is 19.2. The second kappa shape index (κ2) is 10.8. The van der Waals surface area contributed by atoms with Crippen LogP contribution in [-0.4, -0.2) is 56.6 Å². The van der Waals surface area contributed by atoms with Crippen molar-refractivity contribution < 1.29 is 13.2 Å². The summed E-state index contributed by atoms with van der Waals surface area (Å²) < 4.78 is 33.4. The van der Waals surface area contributed by atoms with E-state index in [4.69, 9.17) is 4.74 Å². The fraction of sp³-hybridized carbons (Fsp3) is 0.207. The number of rotatable bonds is 9. The Hall–Kier alpha value is -4.28. The number of benzene rings is 2. The lowest BCUT2D eigenvalue weighted by atomic mass is 9.99. The van der Waals surface area contributed by atoms with E-state index in [-0.39, 0.29) is 4.90 Å². The van der Waals surface area contributed by atoms with Gasteiger partial charge in [0, 0.05) is 61.5 Å². The van der Waals surface area contributed by atoms with Gasteiger partial charge in [-0.05, 0) is 61.0 Å². The molecular formula is C29H30N6O3S. The highest BCUT2D eigenvalue weighted by molar-refractivity contribution is 7.89. The number of aromatic nitrogens is 4. The molecule has 0 atom stereocenters. The Morgan fingerprint density at radius 2 is 1.69 bits per heavy atom. The summed E-state index contributed by atoms with van der Waals surface area (Å²) in [6.07, 6.45) is 4.88. The predicted octanol–water partition coefficient (Wildman–Crippen LogP) is 4.45. The fourth-order valence-corrected chi connectivity index (χ4v) is 5.34.